The third-order valence-electron chi connectivity index (χ3n) is 3.10. The first-order valence-corrected chi connectivity index (χ1v) is 6.86. The lowest BCUT2D eigenvalue weighted by molar-refractivity contribution is -0.384. The van der Waals surface area contributed by atoms with E-state index in [9.17, 15) is 14.9 Å². The Balaban J connectivity index is 1.97. The summed E-state index contributed by atoms with van der Waals surface area (Å²) in [6.45, 7) is 2.00. The summed E-state index contributed by atoms with van der Waals surface area (Å²) in [5, 5.41) is 27.1. The van der Waals surface area contributed by atoms with E-state index in [0.717, 1.165) is 6.42 Å². The predicted molar refractivity (Wildman–Crippen MR) is 76.8 cm³/mol. The van der Waals surface area contributed by atoms with Crippen molar-refractivity contribution in [3.8, 4) is 0 Å². The number of tetrazole rings is 1. The molecule has 1 aromatic heterocycles. The van der Waals surface area contributed by atoms with Crippen molar-refractivity contribution < 1.29 is 9.72 Å². The molecule has 2 aromatic rings. The molecule has 0 aliphatic rings. The Morgan fingerprint density at radius 3 is 2.68 bits per heavy atom. The van der Waals surface area contributed by atoms with Crippen LogP contribution in [0.5, 0.6) is 0 Å². The molecule has 22 heavy (non-hydrogen) atoms. The van der Waals surface area contributed by atoms with Gasteiger partial charge < -0.3 is 5.32 Å². The van der Waals surface area contributed by atoms with Crippen molar-refractivity contribution in [2.24, 2.45) is 0 Å². The molecule has 0 aliphatic carbocycles. The largest absolute Gasteiger partial charge is 0.346 e. The van der Waals surface area contributed by atoms with Crippen LogP contribution in [0.1, 0.15) is 37.2 Å². The van der Waals surface area contributed by atoms with Gasteiger partial charge in [-0.3, -0.25) is 14.9 Å². The molecular formula is C13H16N6O3. The van der Waals surface area contributed by atoms with Crippen LogP contribution in [0.25, 0.3) is 0 Å². The number of nitrogens with zero attached hydrogens (tertiary/aromatic N) is 4. The minimum Gasteiger partial charge on any atom is -0.346 e. The monoisotopic (exact) mass is 304 g/mol. The van der Waals surface area contributed by atoms with Crippen LogP contribution in [-0.2, 0) is 11.2 Å². The molecule has 0 saturated heterocycles. The molecule has 0 spiro atoms. The number of aromatic nitrogens is 4. The fourth-order valence-corrected chi connectivity index (χ4v) is 2.04. The number of benzene rings is 1. The molecule has 1 atom stereocenters. The van der Waals surface area contributed by atoms with E-state index >= 15 is 0 Å². The zero-order valence-electron chi connectivity index (χ0n) is 12.0. The second kappa shape index (κ2) is 7.25. The summed E-state index contributed by atoms with van der Waals surface area (Å²) < 4.78 is 0. The van der Waals surface area contributed by atoms with Gasteiger partial charge in [-0.05, 0) is 12.0 Å². The van der Waals surface area contributed by atoms with Crippen LogP contribution in [0, 0.1) is 10.1 Å². The Bertz CT molecular complexity index is 626. The summed E-state index contributed by atoms with van der Waals surface area (Å²) in [7, 11) is 0. The van der Waals surface area contributed by atoms with Gasteiger partial charge in [0, 0.05) is 12.1 Å². The first-order chi connectivity index (χ1) is 10.6. The van der Waals surface area contributed by atoms with Crippen molar-refractivity contribution in [1.82, 2.24) is 25.9 Å². The molecule has 2 rings (SSSR count). The average molecular weight is 304 g/mol. The molecule has 2 N–H and O–H groups in total. The summed E-state index contributed by atoms with van der Waals surface area (Å²) in [6, 6.07) is 5.60. The van der Waals surface area contributed by atoms with E-state index in [2.05, 4.69) is 25.9 Å². The third kappa shape index (κ3) is 4.08. The summed E-state index contributed by atoms with van der Waals surface area (Å²) in [6.07, 6.45) is 1.69. The lowest BCUT2D eigenvalue weighted by Crippen LogP contribution is -2.30. The number of rotatable bonds is 7. The second-order valence-electron chi connectivity index (χ2n) is 4.78. The summed E-state index contributed by atoms with van der Waals surface area (Å²) in [5.74, 6) is 0.246. The number of carbonyl (C=O) groups excluding carboxylic acids is 1. The average Bonchev–Trinajstić information content (AvgIpc) is 3.01. The molecule has 0 unspecified atom stereocenters. The third-order valence-corrected chi connectivity index (χ3v) is 3.10. The highest BCUT2D eigenvalue weighted by Crippen LogP contribution is 2.15. The van der Waals surface area contributed by atoms with E-state index in [1.807, 2.05) is 6.92 Å². The maximum atomic E-state index is 12.1. The quantitative estimate of drug-likeness (QED) is 0.586. The van der Waals surface area contributed by atoms with Crippen molar-refractivity contribution in [3.63, 3.8) is 0 Å². The van der Waals surface area contributed by atoms with Gasteiger partial charge in [0.05, 0.1) is 17.4 Å². The molecule has 0 saturated carbocycles. The predicted octanol–water partition coefficient (Wildman–Crippen LogP) is 1.31. The molecular weight excluding hydrogens is 288 g/mol. The molecule has 116 valence electrons. The molecule has 9 heteroatoms. The molecule has 1 amide bonds. The minimum absolute atomic E-state index is 0.000171. The van der Waals surface area contributed by atoms with Crippen LogP contribution >= 0.6 is 0 Å². The molecule has 1 heterocycles. The van der Waals surface area contributed by atoms with Crippen LogP contribution in [0.2, 0.25) is 0 Å². The summed E-state index contributed by atoms with van der Waals surface area (Å²) in [5.41, 5.74) is 0.700. The molecule has 0 fully saturated rings. The number of H-pyrrole nitrogens is 1. The lowest BCUT2D eigenvalue weighted by atomic mass is 10.1. The van der Waals surface area contributed by atoms with Gasteiger partial charge in [-0.15, -0.1) is 10.2 Å². The zero-order valence-corrected chi connectivity index (χ0v) is 12.0. The SMILES string of the molecule is CCC[C@H](NC(=O)Cc1ccc([N+](=O)[O-])cc1)c1nn[nH]n1. The minimum atomic E-state index is -0.475. The van der Waals surface area contributed by atoms with Gasteiger partial charge in [-0.1, -0.05) is 30.7 Å². The highest BCUT2D eigenvalue weighted by molar-refractivity contribution is 5.79. The highest BCUT2D eigenvalue weighted by atomic mass is 16.6. The van der Waals surface area contributed by atoms with Gasteiger partial charge in [0.15, 0.2) is 5.82 Å². The smallest absolute Gasteiger partial charge is 0.269 e. The number of nitrogens with one attached hydrogen (secondary N) is 2. The van der Waals surface area contributed by atoms with E-state index < -0.39 is 4.92 Å². The van der Waals surface area contributed by atoms with Gasteiger partial charge in [0.25, 0.3) is 5.69 Å². The second-order valence-corrected chi connectivity index (χ2v) is 4.78. The number of hydrogen-bond donors (Lipinski definition) is 2. The van der Waals surface area contributed by atoms with Crippen molar-refractivity contribution in [1.29, 1.82) is 0 Å². The van der Waals surface area contributed by atoms with Gasteiger partial charge >= 0.3 is 0 Å². The fourth-order valence-electron chi connectivity index (χ4n) is 2.04. The molecule has 1 aromatic carbocycles. The molecule has 0 aliphatic heterocycles. The Morgan fingerprint density at radius 1 is 1.41 bits per heavy atom. The van der Waals surface area contributed by atoms with Crippen LogP contribution in [0.15, 0.2) is 24.3 Å². The fraction of sp³-hybridized carbons (Fsp3) is 0.385. The van der Waals surface area contributed by atoms with Gasteiger partial charge in [-0.25, -0.2) is 0 Å². The van der Waals surface area contributed by atoms with E-state index in [-0.39, 0.29) is 24.1 Å². The maximum absolute atomic E-state index is 12.1. The zero-order chi connectivity index (χ0) is 15.9. The summed E-state index contributed by atoms with van der Waals surface area (Å²) in [4.78, 5) is 22.2. The van der Waals surface area contributed by atoms with Gasteiger partial charge in [0.1, 0.15) is 0 Å². The van der Waals surface area contributed by atoms with Crippen LogP contribution in [0.3, 0.4) is 0 Å². The van der Waals surface area contributed by atoms with Crippen LogP contribution < -0.4 is 5.32 Å². The number of amides is 1. The topological polar surface area (TPSA) is 127 Å². The van der Waals surface area contributed by atoms with Gasteiger partial charge in [0.2, 0.25) is 5.91 Å². The highest BCUT2D eigenvalue weighted by Gasteiger charge is 2.18. The Hall–Kier alpha value is -2.84. The number of nitro benzene ring substituents is 1. The van der Waals surface area contributed by atoms with Crippen molar-refractivity contribution in [2.45, 2.75) is 32.2 Å². The van der Waals surface area contributed by atoms with E-state index in [4.69, 9.17) is 0 Å². The van der Waals surface area contributed by atoms with E-state index in [0.29, 0.717) is 17.8 Å². The van der Waals surface area contributed by atoms with Crippen LogP contribution in [-0.4, -0.2) is 31.5 Å². The number of carbonyl (C=O) groups is 1. The standard InChI is InChI=1S/C13H16N6O3/c1-2-3-11(13-15-17-18-16-13)14-12(20)8-9-4-6-10(7-5-9)19(21)22/h4-7,11H,2-3,8H2,1H3,(H,14,20)(H,15,16,17,18)/t11-/m0/s1. The number of aromatic amines is 1. The first-order valence-electron chi connectivity index (χ1n) is 6.86. The number of nitro groups is 1. The Labute approximate surface area is 126 Å². The van der Waals surface area contributed by atoms with Gasteiger partial charge in [-0.2, -0.15) is 5.21 Å². The maximum Gasteiger partial charge on any atom is 0.269 e. The molecule has 0 radical (unpaired) electrons. The Kier molecular flexibility index (Phi) is 5.12. The molecule has 0 bridgehead atoms. The molecule has 9 nitrogen and oxygen atoms in total. The van der Waals surface area contributed by atoms with Crippen LogP contribution in [0.4, 0.5) is 5.69 Å². The summed E-state index contributed by atoms with van der Waals surface area (Å²) >= 11 is 0. The first kappa shape index (κ1) is 15.5. The van der Waals surface area contributed by atoms with E-state index in [1.54, 1.807) is 12.1 Å². The lowest BCUT2D eigenvalue weighted by Gasteiger charge is -2.14. The van der Waals surface area contributed by atoms with Crippen molar-refractivity contribution >= 4 is 11.6 Å². The van der Waals surface area contributed by atoms with E-state index in [1.165, 1.54) is 12.1 Å². The van der Waals surface area contributed by atoms with Crippen molar-refractivity contribution in [3.05, 3.63) is 45.8 Å². The van der Waals surface area contributed by atoms with Crippen molar-refractivity contribution in [2.75, 3.05) is 0 Å². The normalized spacial score (nSPS) is 11.9. The number of hydrogen-bond acceptors (Lipinski definition) is 6. The number of non-ortho nitro benzene ring substituents is 1. The Morgan fingerprint density at radius 2 is 2.14 bits per heavy atom.